The van der Waals surface area contributed by atoms with Gasteiger partial charge in [-0.2, -0.15) is 0 Å². The summed E-state index contributed by atoms with van der Waals surface area (Å²) in [4.78, 5) is 27.2. The predicted octanol–water partition coefficient (Wildman–Crippen LogP) is 4.30. The molecule has 2 N–H and O–H groups in total. The zero-order chi connectivity index (χ0) is 23.5. The van der Waals surface area contributed by atoms with Gasteiger partial charge in [-0.1, -0.05) is 49.8 Å². The molecule has 2 fully saturated rings. The molecule has 1 saturated carbocycles. The van der Waals surface area contributed by atoms with E-state index in [1.165, 1.54) is 18.4 Å². The number of rotatable bonds is 6. The van der Waals surface area contributed by atoms with Crippen molar-refractivity contribution in [3.05, 3.63) is 77.5 Å². The fourth-order valence-electron chi connectivity index (χ4n) is 5.37. The maximum Gasteiger partial charge on any atom is 0.255 e. The zero-order valence-electron chi connectivity index (χ0n) is 19.6. The van der Waals surface area contributed by atoms with E-state index in [4.69, 9.17) is 4.74 Å². The molecule has 0 radical (unpaired) electrons. The van der Waals surface area contributed by atoms with Crippen molar-refractivity contribution in [1.29, 1.82) is 0 Å². The SMILES string of the molecule is C=C1CCC(N2Cc3cc(OC4CCCCCC4NCc4ccccc4)ccc3C2=O)C(=O)N1. The van der Waals surface area contributed by atoms with Gasteiger partial charge in [0, 0.05) is 30.4 Å². The van der Waals surface area contributed by atoms with Crippen molar-refractivity contribution in [1.82, 2.24) is 15.5 Å². The molecule has 0 spiro atoms. The molecule has 0 bridgehead atoms. The minimum Gasteiger partial charge on any atom is -0.489 e. The molecule has 2 amide bonds. The summed E-state index contributed by atoms with van der Waals surface area (Å²) in [5.74, 6) is 0.582. The fraction of sp³-hybridized carbons (Fsp3) is 0.429. The maximum atomic E-state index is 13.0. The van der Waals surface area contributed by atoms with Gasteiger partial charge in [0.1, 0.15) is 17.9 Å². The number of nitrogens with one attached hydrogen (secondary N) is 2. The highest BCUT2D eigenvalue weighted by Crippen LogP contribution is 2.32. The average molecular weight is 460 g/mol. The second-order valence-electron chi connectivity index (χ2n) is 9.67. The maximum absolute atomic E-state index is 13.0. The minimum absolute atomic E-state index is 0.0777. The van der Waals surface area contributed by atoms with Crippen LogP contribution in [0.5, 0.6) is 5.75 Å². The van der Waals surface area contributed by atoms with Crippen molar-refractivity contribution in [3.8, 4) is 5.75 Å². The number of nitrogens with zero attached hydrogens (tertiary/aromatic N) is 1. The van der Waals surface area contributed by atoms with Crippen LogP contribution in [0.1, 0.15) is 66.4 Å². The quantitative estimate of drug-likeness (QED) is 0.632. The van der Waals surface area contributed by atoms with E-state index in [9.17, 15) is 9.59 Å². The average Bonchev–Trinajstić information content (AvgIpc) is 3.00. The highest BCUT2D eigenvalue weighted by Gasteiger charge is 2.38. The molecule has 3 aliphatic rings. The first-order chi connectivity index (χ1) is 16.6. The van der Waals surface area contributed by atoms with Gasteiger partial charge in [-0.15, -0.1) is 0 Å². The predicted molar refractivity (Wildman–Crippen MR) is 131 cm³/mol. The Hall–Kier alpha value is -3.12. The molecule has 5 rings (SSSR count). The molecule has 2 aromatic rings. The number of fused-ring (bicyclic) bond motifs is 1. The van der Waals surface area contributed by atoms with Crippen LogP contribution < -0.4 is 15.4 Å². The third-order valence-electron chi connectivity index (χ3n) is 7.26. The van der Waals surface area contributed by atoms with Gasteiger partial charge in [0.2, 0.25) is 5.91 Å². The molecule has 2 aliphatic heterocycles. The summed E-state index contributed by atoms with van der Waals surface area (Å²) in [5.41, 5.74) is 3.60. The fourth-order valence-corrected chi connectivity index (χ4v) is 5.37. The standard InChI is InChI=1S/C28H33N3O3/c1-19-12-15-25(27(32)30-19)31-18-21-16-22(13-14-23(21)28(31)33)34-26-11-7-3-6-10-24(26)29-17-20-8-4-2-5-9-20/h2,4-5,8-9,13-14,16,24-26,29H,1,3,6-7,10-12,15,17-18H2,(H,30,32). The van der Waals surface area contributed by atoms with Crippen molar-refractivity contribution in [2.24, 2.45) is 0 Å². The summed E-state index contributed by atoms with van der Waals surface area (Å²) in [5, 5.41) is 6.52. The van der Waals surface area contributed by atoms with Gasteiger partial charge >= 0.3 is 0 Å². The number of ether oxygens (including phenoxy) is 1. The molecule has 2 heterocycles. The number of carbonyl (C=O) groups excluding carboxylic acids is 2. The smallest absolute Gasteiger partial charge is 0.255 e. The lowest BCUT2D eigenvalue weighted by Crippen LogP contribution is -2.49. The van der Waals surface area contributed by atoms with Crippen LogP contribution in [0.4, 0.5) is 0 Å². The largest absolute Gasteiger partial charge is 0.489 e. The van der Waals surface area contributed by atoms with E-state index in [0.29, 0.717) is 24.9 Å². The third kappa shape index (κ3) is 4.87. The summed E-state index contributed by atoms with van der Waals surface area (Å²) in [7, 11) is 0. The van der Waals surface area contributed by atoms with Crippen LogP contribution in [0.25, 0.3) is 0 Å². The first kappa shape index (κ1) is 22.7. The van der Waals surface area contributed by atoms with Crippen molar-refractivity contribution < 1.29 is 14.3 Å². The van der Waals surface area contributed by atoms with E-state index < -0.39 is 6.04 Å². The molecule has 1 saturated heterocycles. The van der Waals surface area contributed by atoms with Crippen LogP contribution in [0.3, 0.4) is 0 Å². The van der Waals surface area contributed by atoms with E-state index in [0.717, 1.165) is 42.8 Å². The van der Waals surface area contributed by atoms with Crippen LogP contribution >= 0.6 is 0 Å². The van der Waals surface area contributed by atoms with E-state index in [-0.39, 0.29) is 24.0 Å². The zero-order valence-corrected chi connectivity index (χ0v) is 19.6. The second-order valence-corrected chi connectivity index (χ2v) is 9.67. The Morgan fingerprint density at radius 2 is 1.85 bits per heavy atom. The van der Waals surface area contributed by atoms with Crippen LogP contribution in [-0.4, -0.2) is 34.9 Å². The molecule has 34 heavy (non-hydrogen) atoms. The molecular weight excluding hydrogens is 426 g/mol. The summed E-state index contributed by atoms with van der Waals surface area (Å²) in [6.45, 7) is 5.11. The van der Waals surface area contributed by atoms with Crippen molar-refractivity contribution in [2.45, 2.75) is 76.2 Å². The highest BCUT2D eigenvalue weighted by molar-refractivity contribution is 6.01. The number of allylic oxidation sites excluding steroid dienone is 1. The Balaban J connectivity index is 1.27. The van der Waals surface area contributed by atoms with E-state index >= 15 is 0 Å². The molecule has 3 atom stereocenters. The molecule has 178 valence electrons. The molecule has 3 unspecified atom stereocenters. The lowest BCUT2D eigenvalue weighted by molar-refractivity contribution is -0.126. The molecule has 1 aliphatic carbocycles. The van der Waals surface area contributed by atoms with Crippen molar-refractivity contribution in [3.63, 3.8) is 0 Å². The Morgan fingerprint density at radius 1 is 1.03 bits per heavy atom. The van der Waals surface area contributed by atoms with Gasteiger partial charge in [-0.05, 0) is 61.4 Å². The van der Waals surface area contributed by atoms with Gasteiger partial charge in [0.05, 0.1) is 0 Å². The lowest BCUT2D eigenvalue weighted by Gasteiger charge is -2.30. The number of amides is 2. The number of hydrogen-bond donors (Lipinski definition) is 2. The summed E-state index contributed by atoms with van der Waals surface area (Å²) < 4.78 is 6.53. The Bertz CT molecular complexity index is 1070. The summed E-state index contributed by atoms with van der Waals surface area (Å²) in [6, 6.07) is 16.1. The van der Waals surface area contributed by atoms with Crippen LogP contribution in [0.2, 0.25) is 0 Å². The summed E-state index contributed by atoms with van der Waals surface area (Å²) in [6.07, 6.45) is 7.11. The first-order valence-corrected chi connectivity index (χ1v) is 12.4. The lowest BCUT2D eigenvalue weighted by atomic mass is 10.0. The molecular formula is C28H33N3O3. The van der Waals surface area contributed by atoms with E-state index in [1.54, 1.807) is 4.90 Å². The van der Waals surface area contributed by atoms with Gasteiger partial charge in [0.15, 0.2) is 0 Å². The van der Waals surface area contributed by atoms with Gasteiger partial charge in [-0.25, -0.2) is 0 Å². The topological polar surface area (TPSA) is 70.7 Å². The second kappa shape index (κ2) is 10.0. The summed E-state index contributed by atoms with van der Waals surface area (Å²) >= 11 is 0. The Kier molecular flexibility index (Phi) is 6.68. The highest BCUT2D eigenvalue weighted by atomic mass is 16.5. The number of piperidine rings is 1. The minimum atomic E-state index is -0.441. The molecule has 6 heteroatoms. The molecule has 6 nitrogen and oxygen atoms in total. The van der Waals surface area contributed by atoms with Gasteiger partial charge in [-0.3, -0.25) is 9.59 Å². The van der Waals surface area contributed by atoms with Crippen molar-refractivity contribution in [2.75, 3.05) is 0 Å². The Labute approximate surface area is 201 Å². The normalized spacial score (nSPS) is 25.0. The van der Waals surface area contributed by atoms with Gasteiger partial charge in [0.25, 0.3) is 5.91 Å². The van der Waals surface area contributed by atoms with Crippen LogP contribution in [0, 0.1) is 0 Å². The van der Waals surface area contributed by atoms with Crippen LogP contribution in [-0.2, 0) is 17.9 Å². The Morgan fingerprint density at radius 3 is 2.68 bits per heavy atom. The number of benzene rings is 2. The van der Waals surface area contributed by atoms with Crippen LogP contribution in [0.15, 0.2) is 60.8 Å². The monoisotopic (exact) mass is 459 g/mol. The third-order valence-corrected chi connectivity index (χ3v) is 7.26. The number of carbonyl (C=O) groups is 2. The first-order valence-electron chi connectivity index (χ1n) is 12.4. The van der Waals surface area contributed by atoms with Gasteiger partial charge < -0.3 is 20.3 Å². The van der Waals surface area contributed by atoms with E-state index in [2.05, 4.69) is 41.5 Å². The molecule has 0 aromatic heterocycles. The van der Waals surface area contributed by atoms with Crippen molar-refractivity contribution >= 4 is 11.8 Å². The number of hydrogen-bond acceptors (Lipinski definition) is 4. The molecule has 2 aromatic carbocycles. The van der Waals surface area contributed by atoms with E-state index in [1.807, 2.05) is 24.3 Å².